The molecule has 0 saturated heterocycles. The first kappa shape index (κ1) is 19.0. The van der Waals surface area contributed by atoms with E-state index in [0.29, 0.717) is 30.3 Å². The average molecular weight is 375 g/mol. The zero-order valence-corrected chi connectivity index (χ0v) is 14.1. The number of rotatable bonds is 8. The van der Waals surface area contributed by atoms with E-state index in [9.17, 15) is 18.0 Å². The number of hydrogen-bond donors (Lipinski definition) is 1. The zero-order valence-electron chi connectivity index (χ0n) is 13.3. The van der Waals surface area contributed by atoms with Gasteiger partial charge in [0.15, 0.2) is 0 Å². The smallest absolute Gasteiger partial charge is 0.406 e. The van der Waals surface area contributed by atoms with Gasteiger partial charge in [-0.15, -0.1) is 18.3 Å². The van der Waals surface area contributed by atoms with Crippen LogP contribution in [-0.2, 0) is 18.3 Å². The van der Waals surface area contributed by atoms with Gasteiger partial charge in [0.25, 0.3) is 0 Å². The second-order valence-electron chi connectivity index (χ2n) is 4.98. The Labute approximate surface area is 145 Å². The van der Waals surface area contributed by atoms with Gasteiger partial charge in [0.05, 0.1) is 0 Å². The normalized spacial score (nSPS) is 11.4. The highest BCUT2D eigenvalue weighted by molar-refractivity contribution is 7.99. The van der Waals surface area contributed by atoms with Crippen LogP contribution in [0.2, 0.25) is 0 Å². The van der Waals surface area contributed by atoms with Crippen LogP contribution < -0.4 is 10.1 Å². The molecule has 7 nitrogen and oxygen atoms in total. The molecular weight excluding hydrogens is 359 g/mol. The molecule has 1 heterocycles. The number of benzene rings is 1. The van der Waals surface area contributed by atoms with Gasteiger partial charge in [0.2, 0.25) is 11.1 Å². The summed E-state index contributed by atoms with van der Waals surface area (Å²) in [6.07, 6.45) is -3.87. The zero-order chi connectivity index (χ0) is 18.3. The van der Waals surface area contributed by atoms with Crippen molar-refractivity contribution in [2.24, 2.45) is 7.05 Å². The molecule has 2 rings (SSSR count). The fourth-order valence-corrected chi connectivity index (χ4v) is 2.66. The van der Waals surface area contributed by atoms with Crippen LogP contribution in [0.5, 0.6) is 5.75 Å². The van der Waals surface area contributed by atoms with Crippen molar-refractivity contribution in [3.05, 3.63) is 29.8 Å². The molecule has 2 aromatic rings. The molecule has 0 radical (unpaired) electrons. The van der Waals surface area contributed by atoms with Crippen LogP contribution in [0.1, 0.15) is 12.0 Å². The second-order valence-corrected chi connectivity index (χ2v) is 6.04. The first-order chi connectivity index (χ1) is 11.8. The van der Waals surface area contributed by atoms with E-state index in [0.717, 1.165) is 5.56 Å². The molecule has 0 bridgehead atoms. The standard InChI is InChI=1S/C14H16F3N5O2S/c1-22-13(19-20-21-22)25-9-7-12(23)18-8-6-10-2-4-11(5-3-10)24-14(15,16)17/h2-5H,6-9H2,1H3,(H,18,23). The molecule has 1 N–H and O–H groups in total. The molecule has 136 valence electrons. The summed E-state index contributed by atoms with van der Waals surface area (Å²) in [4.78, 5) is 11.7. The summed E-state index contributed by atoms with van der Waals surface area (Å²) in [6.45, 7) is 0.397. The number of thioether (sulfide) groups is 1. The molecule has 11 heteroatoms. The van der Waals surface area contributed by atoms with Crippen molar-refractivity contribution >= 4 is 17.7 Å². The topological polar surface area (TPSA) is 81.9 Å². The number of carbonyl (C=O) groups is 1. The summed E-state index contributed by atoms with van der Waals surface area (Å²) < 4.78 is 41.5. The lowest BCUT2D eigenvalue weighted by Crippen LogP contribution is -2.25. The van der Waals surface area contributed by atoms with Gasteiger partial charge in [0.1, 0.15) is 5.75 Å². The highest BCUT2D eigenvalue weighted by Gasteiger charge is 2.30. The Balaban J connectivity index is 1.64. The van der Waals surface area contributed by atoms with Crippen molar-refractivity contribution in [1.82, 2.24) is 25.5 Å². The highest BCUT2D eigenvalue weighted by atomic mass is 32.2. The first-order valence-corrected chi connectivity index (χ1v) is 8.28. The van der Waals surface area contributed by atoms with E-state index >= 15 is 0 Å². The van der Waals surface area contributed by atoms with Gasteiger partial charge in [-0.1, -0.05) is 23.9 Å². The van der Waals surface area contributed by atoms with E-state index < -0.39 is 6.36 Å². The maximum Gasteiger partial charge on any atom is 0.573 e. The lowest BCUT2D eigenvalue weighted by atomic mass is 10.1. The van der Waals surface area contributed by atoms with Gasteiger partial charge < -0.3 is 10.1 Å². The second kappa shape index (κ2) is 8.70. The molecule has 1 aromatic heterocycles. The number of hydrogen-bond acceptors (Lipinski definition) is 6. The number of carbonyl (C=O) groups excluding carboxylic acids is 1. The fourth-order valence-electron chi connectivity index (χ4n) is 1.87. The number of alkyl halides is 3. The van der Waals surface area contributed by atoms with E-state index in [4.69, 9.17) is 0 Å². The Morgan fingerprint density at radius 3 is 2.64 bits per heavy atom. The Morgan fingerprint density at radius 1 is 1.32 bits per heavy atom. The molecule has 25 heavy (non-hydrogen) atoms. The van der Waals surface area contributed by atoms with Gasteiger partial charge in [-0.3, -0.25) is 4.79 Å². The minimum atomic E-state index is -4.70. The molecule has 0 atom stereocenters. The van der Waals surface area contributed by atoms with Gasteiger partial charge in [0, 0.05) is 25.8 Å². The SMILES string of the molecule is Cn1nnnc1SCCC(=O)NCCc1ccc(OC(F)(F)F)cc1. The van der Waals surface area contributed by atoms with E-state index in [1.165, 1.54) is 40.7 Å². The van der Waals surface area contributed by atoms with Crippen molar-refractivity contribution in [3.8, 4) is 5.75 Å². The first-order valence-electron chi connectivity index (χ1n) is 7.30. The fraction of sp³-hybridized carbons (Fsp3) is 0.429. The number of ether oxygens (including phenoxy) is 1. The van der Waals surface area contributed by atoms with Crippen molar-refractivity contribution in [3.63, 3.8) is 0 Å². The third-order valence-electron chi connectivity index (χ3n) is 3.03. The third kappa shape index (κ3) is 6.99. The molecule has 0 aliphatic carbocycles. The number of aryl methyl sites for hydroxylation is 1. The van der Waals surface area contributed by atoms with Gasteiger partial charge in [-0.25, -0.2) is 4.68 Å². The van der Waals surface area contributed by atoms with Gasteiger partial charge >= 0.3 is 6.36 Å². The number of nitrogens with zero attached hydrogens (tertiary/aromatic N) is 4. The third-order valence-corrected chi connectivity index (χ3v) is 4.05. The Hall–Kier alpha value is -2.30. The minimum Gasteiger partial charge on any atom is -0.406 e. The lowest BCUT2D eigenvalue weighted by molar-refractivity contribution is -0.274. The summed E-state index contributed by atoms with van der Waals surface area (Å²) >= 11 is 1.38. The molecule has 0 aliphatic heterocycles. The Kier molecular flexibility index (Phi) is 6.62. The molecule has 1 amide bonds. The summed E-state index contributed by atoms with van der Waals surface area (Å²) in [5.41, 5.74) is 0.800. The summed E-state index contributed by atoms with van der Waals surface area (Å²) in [7, 11) is 1.72. The van der Waals surface area contributed by atoms with E-state index in [2.05, 4.69) is 25.6 Å². The van der Waals surface area contributed by atoms with Crippen molar-refractivity contribution < 1.29 is 22.7 Å². The molecule has 1 aromatic carbocycles. The number of tetrazole rings is 1. The summed E-state index contributed by atoms with van der Waals surface area (Å²) in [5, 5.41) is 14.4. The number of aromatic nitrogens is 4. The van der Waals surface area contributed by atoms with Crippen LogP contribution in [0, 0.1) is 0 Å². The quantitative estimate of drug-likeness (QED) is 0.711. The Morgan fingerprint density at radius 2 is 2.04 bits per heavy atom. The van der Waals surface area contributed by atoms with Crippen molar-refractivity contribution in [1.29, 1.82) is 0 Å². The molecular formula is C14H16F3N5O2S. The van der Waals surface area contributed by atoms with Crippen LogP contribution in [0.3, 0.4) is 0 Å². The minimum absolute atomic E-state index is 0.111. The summed E-state index contributed by atoms with van der Waals surface area (Å²) in [6, 6.07) is 5.56. The molecule has 0 unspecified atom stereocenters. The molecule has 0 saturated carbocycles. The summed E-state index contributed by atoms with van der Waals surface area (Å²) in [5.74, 6) is 0.166. The molecule has 0 aliphatic rings. The van der Waals surface area contributed by atoms with Crippen molar-refractivity contribution in [2.45, 2.75) is 24.4 Å². The number of nitrogens with one attached hydrogen (secondary N) is 1. The largest absolute Gasteiger partial charge is 0.573 e. The Bertz CT molecular complexity index is 691. The maximum absolute atomic E-state index is 12.1. The van der Waals surface area contributed by atoms with Gasteiger partial charge in [-0.05, 0) is 34.5 Å². The predicted molar refractivity (Wildman–Crippen MR) is 84.0 cm³/mol. The average Bonchev–Trinajstić information content (AvgIpc) is 2.93. The van der Waals surface area contributed by atoms with Crippen molar-refractivity contribution in [2.75, 3.05) is 12.3 Å². The van der Waals surface area contributed by atoms with E-state index in [1.54, 1.807) is 7.05 Å². The van der Waals surface area contributed by atoms with Gasteiger partial charge in [-0.2, -0.15) is 0 Å². The molecule has 0 spiro atoms. The highest BCUT2D eigenvalue weighted by Crippen LogP contribution is 2.22. The van der Waals surface area contributed by atoms with E-state index in [-0.39, 0.29) is 11.7 Å². The van der Waals surface area contributed by atoms with Crippen LogP contribution in [0.25, 0.3) is 0 Å². The van der Waals surface area contributed by atoms with Crippen LogP contribution >= 0.6 is 11.8 Å². The lowest BCUT2D eigenvalue weighted by Gasteiger charge is -2.09. The maximum atomic E-state index is 12.1. The van der Waals surface area contributed by atoms with E-state index in [1.807, 2.05) is 0 Å². The number of amides is 1. The molecule has 0 fully saturated rings. The monoisotopic (exact) mass is 375 g/mol. The van der Waals surface area contributed by atoms with Crippen LogP contribution in [-0.4, -0.2) is 44.8 Å². The van der Waals surface area contributed by atoms with Crippen LogP contribution in [0.15, 0.2) is 29.4 Å². The number of halogens is 3. The van der Waals surface area contributed by atoms with Crippen LogP contribution in [0.4, 0.5) is 13.2 Å². The predicted octanol–water partition coefficient (Wildman–Crippen LogP) is 1.95.